The first-order valence-electron chi connectivity index (χ1n) is 9.41. The molecular formula is C21H27N6S+. The van der Waals surface area contributed by atoms with Crippen molar-refractivity contribution in [3.05, 3.63) is 54.6 Å². The van der Waals surface area contributed by atoms with E-state index in [0.29, 0.717) is 11.0 Å². The third kappa shape index (κ3) is 5.68. The van der Waals surface area contributed by atoms with Gasteiger partial charge in [-0.15, -0.1) is 10.2 Å². The van der Waals surface area contributed by atoms with E-state index < -0.39 is 0 Å². The summed E-state index contributed by atoms with van der Waals surface area (Å²) in [5.74, 6) is 0.686. The minimum Gasteiger partial charge on any atom is -0.366 e. The fraction of sp³-hybridized carbons (Fsp3) is 0.333. The average molecular weight is 396 g/mol. The molecule has 0 fully saturated rings. The van der Waals surface area contributed by atoms with Gasteiger partial charge in [-0.2, -0.15) is 9.36 Å². The Hall–Kier alpha value is -2.64. The summed E-state index contributed by atoms with van der Waals surface area (Å²) in [6.45, 7) is 5.28. The lowest BCUT2D eigenvalue weighted by Gasteiger charge is -2.29. The van der Waals surface area contributed by atoms with Gasteiger partial charge in [-0.3, -0.25) is 0 Å². The molecule has 0 spiro atoms. The second-order valence-electron chi connectivity index (χ2n) is 7.58. The molecule has 0 unspecified atom stereocenters. The van der Waals surface area contributed by atoms with Crippen LogP contribution >= 0.6 is 11.5 Å². The molecule has 0 amide bonds. The van der Waals surface area contributed by atoms with Gasteiger partial charge in [0.2, 0.25) is 5.13 Å². The van der Waals surface area contributed by atoms with Crippen LogP contribution in [-0.4, -0.2) is 54.6 Å². The van der Waals surface area contributed by atoms with Crippen LogP contribution < -0.4 is 4.90 Å². The molecule has 1 aromatic heterocycles. The molecule has 3 rings (SSSR count). The zero-order valence-electron chi connectivity index (χ0n) is 16.9. The topological polar surface area (TPSA) is 53.7 Å². The fourth-order valence-electron chi connectivity index (χ4n) is 2.68. The lowest BCUT2D eigenvalue weighted by Crippen LogP contribution is -2.42. The van der Waals surface area contributed by atoms with Gasteiger partial charge in [0.15, 0.2) is 5.82 Å². The van der Waals surface area contributed by atoms with Crippen molar-refractivity contribution >= 4 is 28.0 Å². The zero-order chi connectivity index (χ0) is 20.0. The summed E-state index contributed by atoms with van der Waals surface area (Å²) in [5, 5.41) is 9.10. The third-order valence-corrected chi connectivity index (χ3v) is 4.94. The Bertz CT molecular complexity index is 897. The summed E-state index contributed by atoms with van der Waals surface area (Å²) in [6, 6.07) is 18.1. The van der Waals surface area contributed by atoms with Crippen molar-refractivity contribution in [2.75, 3.05) is 45.7 Å². The second-order valence-corrected chi connectivity index (χ2v) is 8.31. The maximum Gasteiger partial charge on any atom is 0.249 e. The van der Waals surface area contributed by atoms with Crippen LogP contribution in [0.3, 0.4) is 0 Å². The van der Waals surface area contributed by atoms with Crippen LogP contribution in [0.1, 0.15) is 6.92 Å². The largest absolute Gasteiger partial charge is 0.366 e. The van der Waals surface area contributed by atoms with Gasteiger partial charge < -0.3 is 9.38 Å². The van der Waals surface area contributed by atoms with Gasteiger partial charge in [-0.1, -0.05) is 30.3 Å². The highest BCUT2D eigenvalue weighted by molar-refractivity contribution is 7.09. The highest BCUT2D eigenvalue weighted by Crippen LogP contribution is 2.26. The van der Waals surface area contributed by atoms with Gasteiger partial charge in [0.25, 0.3) is 0 Å². The lowest BCUT2D eigenvalue weighted by atomic mass is 10.2. The maximum absolute atomic E-state index is 4.44. The normalized spacial score (nSPS) is 11.9. The smallest absolute Gasteiger partial charge is 0.249 e. The number of rotatable bonds is 8. The quantitative estimate of drug-likeness (QED) is 0.391. The SMILES string of the molecule is CCN(CC[N+](C)(C)C)c1ccc(N=Nc2nc(-c3ccccc3)ns2)cc1. The van der Waals surface area contributed by atoms with Gasteiger partial charge in [-0.25, -0.2) is 0 Å². The standard InChI is InChI=1S/C21H27N6S/c1-5-26(15-16-27(2,3)4)19-13-11-18(12-14-19)23-24-21-22-20(25-28-21)17-9-7-6-8-10-17/h6-14H,5,15-16H2,1-4H3/q+1. The highest BCUT2D eigenvalue weighted by atomic mass is 32.1. The Balaban J connectivity index is 1.64. The molecule has 0 atom stereocenters. The second kappa shape index (κ2) is 9.03. The van der Waals surface area contributed by atoms with Crippen molar-refractivity contribution < 1.29 is 4.48 Å². The van der Waals surface area contributed by atoms with E-state index in [1.807, 2.05) is 42.5 Å². The van der Waals surface area contributed by atoms with Gasteiger partial charge in [-0.05, 0) is 31.2 Å². The molecule has 146 valence electrons. The molecule has 0 aliphatic carbocycles. The summed E-state index contributed by atoms with van der Waals surface area (Å²) >= 11 is 1.25. The van der Waals surface area contributed by atoms with Crippen LogP contribution in [0.2, 0.25) is 0 Å². The summed E-state index contributed by atoms with van der Waals surface area (Å²) < 4.78 is 5.31. The van der Waals surface area contributed by atoms with E-state index >= 15 is 0 Å². The molecule has 3 aromatic rings. The van der Waals surface area contributed by atoms with E-state index in [9.17, 15) is 0 Å². The molecule has 6 nitrogen and oxygen atoms in total. The van der Waals surface area contributed by atoms with Crippen molar-refractivity contribution in [1.82, 2.24) is 9.36 Å². The molecule has 0 saturated heterocycles. The number of quaternary nitrogens is 1. The molecular weight excluding hydrogens is 368 g/mol. The van der Waals surface area contributed by atoms with Crippen molar-refractivity contribution in [3.63, 3.8) is 0 Å². The molecule has 0 aliphatic rings. The first kappa shape index (κ1) is 20.1. The van der Waals surface area contributed by atoms with Crippen molar-refractivity contribution in [3.8, 4) is 11.4 Å². The molecule has 28 heavy (non-hydrogen) atoms. The third-order valence-electron chi connectivity index (χ3n) is 4.34. The predicted molar refractivity (Wildman–Crippen MR) is 117 cm³/mol. The number of hydrogen-bond donors (Lipinski definition) is 0. The number of azo groups is 1. The lowest BCUT2D eigenvalue weighted by molar-refractivity contribution is -0.868. The van der Waals surface area contributed by atoms with Gasteiger partial charge >= 0.3 is 0 Å². The van der Waals surface area contributed by atoms with E-state index in [-0.39, 0.29) is 0 Å². The van der Waals surface area contributed by atoms with Gasteiger partial charge in [0.1, 0.15) is 0 Å². The predicted octanol–water partition coefficient (Wildman–Crippen LogP) is 5.15. The van der Waals surface area contributed by atoms with Crippen LogP contribution in [0.5, 0.6) is 0 Å². The molecule has 7 heteroatoms. The summed E-state index contributed by atoms with van der Waals surface area (Å²) in [6.07, 6.45) is 0. The van der Waals surface area contributed by atoms with Crippen LogP contribution in [0.25, 0.3) is 11.4 Å². The van der Waals surface area contributed by atoms with E-state index in [0.717, 1.165) is 35.4 Å². The Morgan fingerprint density at radius 3 is 2.32 bits per heavy atom. The van der Waals surface area contributed by atoms with Crippen LogP contribution in [0.15, 0.2) is 64.8 Å². The van der Waals surface area contributed by atoms with Crippen LogP contribution in [0.4, 0.5) is 16.5 Å². The average Bonchev–Trinajstić information content (AvgIpc) is 3.17. The monoisotopic (exact) mass is 395 g/mol. The van der Waals surface area contributed by atoms with Crippen molar-refractivity contribution in [2.24, 2.45) is 10.2 Å². The molecule has 0 saturated carbocycles. The minimum absolute atomic E-state index is 0.557. The minimum atomic E-state index is 0.557. The molecule has 1 heterocycles. The van der Waals surface area contributed by atoms with Crippen molar-refractivity contribution in [2.45, 2.75) is 6.92 Å². The molecule has 2 aromatic carbocycles. The Kier molecular flexibility index (Phi) is 6.49. The van der Waals surface area contributed by atoms with E-state index in [4.69, 9.17) is 0 Å². The van der Waals surface area contributed by atoms with E-state index in [2.05, 4.69) is 64.7 Å². The summed E-state index contributed by atoms with van der Waals surface area (Å²) in [7, 11) is 6.65. The Morgan fingerprint density at radius 1 is 0.964 bits per heavy atom. The maximum atomic E-state index is 4.44. The molecule has 0 bridgehead atoms. The first-order valence-corrected chi connectivity index (χ1v) is 10.2. The molecule has 0 aliphatic heterocycles. The van der Waals surface area contributed by atoms with Gasteiger partial charge in [0, 0.05) is 29.3 Å². The molecule has 0 radical (unpaired) electrons. The zero-order valence-corrected chi connectivity index (χ0v) is 17.7. The number of anilines is 1. The summed E-state index contributed by atoms with van der Waals surface area (Å²) in [5.41, 5.74) is 3.00. The Morgan fingerprint density at radius 2 is 1.68 bits per heavy atom. The van der Waals surface area contributed by atoms with Crippen LogP contribution in [-0.2, 0) is 0 Å². The van der Waals surface area contributed by atoms with Gasteiger partial charge in [0.05, 0.1) is 39.9 Å². The van der Waals surface area contributed by atoms with Crippen LogP contribution in [0, 0.1) is 0 Å². The van der Waals surface area contributed by atoms with Crippen molar-refractivity contribution in [1.29, 1.82) is 0 Å². The number of hydrogen-bond acceptors (Lipinski definition) is 6. The number of likely N-dealkylation sites (N-methyl/N-ethyl adjacent to an activating group) is 2. The highest BCUT2D eigenvalue weighted by Gasteiger charge is 2.11. The fourth-order valence-corrected chi connectivity index (χ4v) is 3.20. The Labute approximate surface area is 170 Å². The molecule has 0 N–H and O–H groups in total. The first-order chi connectivity index (χ1) is 13.4. The van der Waals surface area contributed by atoms with E-state index in [1.54, 1.807) is 0 Å². The number of aromatic nitrogens is 2. The summed E-state index contributed by atoms with van der Waals surface area (Å²) in [4.78, 5) is 6.82. The number of benzene rings is 2. The number of nitrogens with zero attached hydrogens (tertiary/aromatic N) is 6. The van der Waals surface area contributed by atoms with E-state index in [1.165, 1.54) is 17.2 Å².